The summed E-state index contributed by atoms with van der Waals surface area (Å²) in [6, 6.07) is 0. The summed E-state index contributed by atoms with van der Waals surface area (Å²) in [6.45, 7) is 5.27. The number of hydrogen-bond acceptors (Lipinski definition) is 3. The van der Waals surface area contributed by atoms with E-state index in [1.807, 2.05) is 0 Å². The van der Waals surface area contributed by atoms with Gasteiger partial charge in [0.15, 0.2) is 0 Å². The van der Waals surface area contributed by atoms with E-state index in [4.69, 9.17) is 23.3 Å². The topological polar surface area (TPSA) is 101 Å². The van der Waals surface area contributed by atoms with Crippen LogP contribution in [-0.2, 0) is 10.4 Å². The fraction of sp³-hybridized carbons (Fsp3) is 1.00. The van der Waals surface area contributed by atoms with Crippen LogP contribution in [0, 0.1) is 5.92 Å². The Morgan fingerprint density at radius 3 is 1.83 bits per heavy atom. The molecule has 0 bridgehead atoms. The van der Waals surface area contributed by atoms with Crippen LogP contribution in [0.15, 0.2) is 0 Å². The monoisotopic (exact) mass is 199 g/mol. The lowest BCUT2D eigenvalue weighted by Gasteiger charge is -2.02. The maximum Gasteiger partial charge on any atom is 0.394 e. The Morgan fingerprint density at radius 2 is 1.75 bits per heavy atom. The molecular weight excluding hydrogens is 182 g/mol. The molecule has 0 fully saturated rings. The molecule has 5 nitrogen and oxygen atoms in total. The first kappa shape index (κ1) is 14.4. The zero-order valence-corrected chi connectivity index (χ0v) is 8.21. The molecule has 12 heavy (non-hydrogen) atoms. The SMILES string of the molecule is CCC(C)CCN.O=S(=O)(O)O. The van der Waals surface area contributed by atoms with Gasteiger partial charge in [-0.05, 0) is 18.9 Å². The van der Waals surface area contributed by atoms with Crippen molar-refractivity contribution in [1.82, 2.24) is 0 Å². The largest absolute Gasteiger partial charge is 0.394 e. The van der Waals surface area contributed by atoms with Crippen molar-refractivity contribution < 1.29 is 17.5 Å². The highest BCUT2D eigenvalue weighted by Gasteiger charge is 1.92. The third-order valence-corrected chi connectivity index (χ3v) is 1.36. The van der Waals surface area contributed by atoms with Gasteiger partial charge in [0.25, 0.3) is 0 Å². The first-order valence-corrected chi connectivity index (χ1v) is 5.10. The highest BCUT2D eigenvalue weighted by molar-refractivity contribution is 7.79. The van der Waals surface area contributed by atoms with Crippen LogP contribution >= 0.6 is 0 Å². The number of rotatable bonds is 3. The molecule has 0 aromatic carbocycles. The fourth-order valence-electron chi connectivity index (χ4n) is 0.489. The van der Waals surface area contributed by atoms with Crippen molar-refractivity contribution in [3.63, 3.8) is 0 Å². The first-order chi connectivity index (χ1) is 5.31. The van der Waals surface area contributed by atoms with Crippen molar-refractivity contribution in [3.8, 4) is 0 Å². The lowest BCUT2D eigenvalue weighted by molar-refractivity contribution is 0.381. The van der Waals surface area contributed by atoms with Gasteiger partial charge in [-0.15, -0.1) is 0 Å². The summed E-state index contributed by atoms with van der Waals surface area (Å²) in [5.41, 5.74) is 5.30. The summed E-state index contributed by atoms with van der Waals surface area (Å²) >= 11 is 0. The standard InChI is InChI=1S/C6H15N.H2O4S/c1-3-6(2)4-5-7;1-5(2,3)4/h6H,3-5,7H2,1-2H3;(H2,1,2,3,4). The quantitative estimate of drug-likeness (QED) is 0.582. The van der Waals surface area contributed by atoms with Gasteiger partial charge >= 0.3 is 10.4 Å². The van der Waals surface area contributed by atoms with Gasteiger partial charge in [0, 0.05) is 0 Å². The average molecular weight is 199 g/mol. The molecule has 6 heteroatoms. The fourth-order valence-corrected chi connectivity index (χ4v) is 0.489. The van der Waals surface area contributed by atoms with E-state index in [0.717, 1.165) is 12.5 Å². The predicted octanol–water partition coefficient (Wildman–Crippen LogP) is 0.729. The van der Waals surface area contributed by atoms with E-state index in [0.29, 0.717) is 0 Å². The third-order valence-electron chi connectivity index (χ3n) is 1.36. The molecule has 0 spiro atoms. The van der Waals surface area contributed by atoms with Crippen molar-refractivity contribution in [1.29, 1.82) is 0 Å². The van der Waals surface area contributed by atoms with Gasteiger partial charge in [0.1, 0.15) is 0 Å². The highest BCUT2D eigenvalue weighted by atomic mass is 32.3. The van der Waals surface area contributed by atoms with Crippen LogP contribution in [0.5, 0.6) is 0 Å². The second-order valence-corrected chi connectivity index (χ2v) is 3.43. The minimum atomic E-state index is -4.67. The van der Waals surface area contributed by atoms with Crippen molar-refractivity contribution in [2.45, 2.75) is 26.7 Å². The molecule has 0 rings (SSSR count). The molecule has 1 atom stereocenters. The average Bonchev–Trinajstić information content (AvgIpc) is 1.85. The molecule has 0 radical (unpaired) electrons. The first-order valence-electron chi connectivity index (χ1n) is 3.71. The second kappa shape index (κ2) is 7.48. The summed E-state index contributed by atoms with van der Waals surface area (Å²) < 4.78 is 31.6. The van der Waals surface area contributed by atoms with Gasteiger partial charge < -0.3 is 5.73 Å². The Labute approximate surface area is 73.5 Å². The van der Waals surface area contributed by atoms with E-state index >= 15 is 0 Å². The Hall–Kier alpha value is -0.170. The minimum absolute atomic E-state index is 0.824. The molecule has 0 saturated carbocycles. The van der Waals surface area contributed by atoms with Crippen LogP contribution in [0.1, 0.15) is 26.7 Å². The summed E-state index contributed by atoms with van der Waals surface area (Å²) in [6.07, 6.45) is 2.44. The predicted molar refractivity (Wildman–Crippen MR) is 47.3 cm³/mol. The van der Waals surface area contributed by atoms with Crippen molar-refractivity contribution in [3.05, 3.63) is 0 Å². The van der Waals surface area contributed by atoms with E-state index in [2.05, 4.69) is 13.8 Å². The van der Waals surface area contributed by atoms with E-state index < -0.39 is 10.4 Å². The maximum atomic E-state index is 8.74. The normalized spacial score (nSPS) is 13.1. The summed E-state index contributed by atoms with van der Waals surface area (Å²) in [7, 11) is -4.67. The number of nitrogens with two attached hydrogens (primary N) is 1. The van der Waals surface area contributed by atoms with Gasteiger partial charge in [-0.25, -0.2) is 0 Å². The summed E-state index contributed by atoms with van der Waals surface area (Å²) in [4.78, 5) is 0. The Balaban J connectivity index is 0. The maximum absolute atomic E-state index is 8.74. The molecular formula is C6H17NO4S. The molecule has 0 aliphatic carbocycles. The molecule has 0 aliphatic heterocycles. The van der Waals surface area contributed by atoms with Crippen molar-refractivity contribution in [2.75, 3.05) is 6.54 Å². The molecule has 0 heterocycles. The van der Waals surface area contributed by atoms with Crippen LogP contribution in [-0.4, -0.2) is 24.1 Å². The third kappa shape index (κ3) is 32.9. The van der Waals surface area contributed by atoms with E-state index in [1.165, 1.54) is 12.8 Å². The molecule has 76 valence electrons. The molecule has 0 saturated heterocycles. The lowest BCUT2D eigenvalue weighted by atomic mass is 10.1. The van der Waals surface area contributed by atoms with Crippen LogP contribution in [0.3, 0.4) is 0 Å². The van der Waals surface area contributed by atoms with Gasteiger partial charge in [-0.2, -0.15) is 8.42 Å². The Morgan fingerprint density at radius 1 is 1.42 bits per heavy atom. The molecule has 4 N–H and O–H groups in total. The van der Waals surface area contributed by atoms with Crippen LogP contribution in [0.2, 0.25) is 0 Å². The van der Waals surface area contributed by atoms with Gasteiger partial charge in [0.05, 0.1) is 0 Å². The second-order valence-electron chi connectivity index (χ2n) is 2.54. The van der Waals surface area contributed by atoms with Crippen molar-refractivity contribution in [2.24, 2.45) is 11.7 Å². The van der Waals surface area contributed by atoms with E-state index in [1.54, 1.807) is 0 Å². The molecule has 0 aromatic heterocycles. The molecule has 0 aromatic rings. The molecule has 0 aliphatic rings. The van der Waals surface area contributed by atoms with Crippen LogP contribution in [0.4, 0.5) is 0 Å². The minimum Gasteiger partial charge on any atom is -0.330 e. The van der Waals surface area contributed by atoms with Gasteiger partial charge in [-0.1, -0.05) is 20.3 Å². The van der Waals surface area contributed by atoms with Crippen molar-refractivity contribution >= 4 is 10.4 Å². The lowest BCUT2D eigenvalue weighted by Crippen LogP contribution is -2.04. The summed E-state index contributed by atoms with van der Waals surface area (Å²) in [5, 5.41) is 0. The van der Waals surface area contributed by atoms with E-state index in [9.17, 15) is 0 Å². The van der Waals surface area contributed by atoms with Crippen LogP contribution in [0.25, 0.3) is 0 Å². The number of hydrogen-bond donors (Lipinski definition) is 3. The van der Waals surface area contributed by atoms with Crippen LogP contribution < -0.4 is 5.73 Å². The molecule has 1 unspecified atom stereocenters. The Kier molecular flexibility index (Phi) is 8.95. The molecule has 0 amide bonds. The highest BCUT2D eigenvalue weighted by Crippen LogP contribution is 2.02. The smallest absolute Gasteiger partial charge is 0.330 e. The van der Waals surface area contributed by atoms with E-state index in [-0.39, 0.29) is 0 Å². The zero-order chi connectivity index (χ0) is 10.2. The Bertz CT molecular complexity index is 170. The summed E-state index contributed by atoms with van der Waals surface area (Å²) in [5.74, 6) is 0.824. The van der Waals surface area contributed by atoms with Gasteiger partial charge in [0.2, 0.25) is 0 Å². The zero-order valence-electron chi connectivity index (χ0n) is 7.40. The van der Waals surface area contributed by atoms with Gasteiger partial charge in [-0.3, -0.25) is 9.11 Å².